The molecule has 2 aliphatic heterocycles. The molecule has 10 rings (SSSR count). The number of aliphatic hydroxyl groups excluding tert-OH is 3. The number of fused-ring (bicyclic) bond motifs is 14. The summed E-state index contributed by atoms with van der Waals surface area (Å²) in [4.78, 5) is 62.3. The van der Waals surface area contributed by atoms with E-state index < -0.39 is 70.6 Å². The van der Waals surface area contributed by atoms with Gasteiger partial charge in [-0.3, -0.25) is 24.0 Å². The molecule has 0 spiro atoms. The minimum atomic E-state index is -1.28. The van der Waals surface area contributed by atoms with E-state index in [1.165, 1.54) is 6.92 Å². The Bertz CT molecular complexity index is 2160. The fourth-order valence-electron chi connectivity index (χ4n) is 16.2. The monoisotopic (exact) mass is 914 g/mol. The molecule has 0 aromatic heterocycles. The Balaban J connectivity index is 0.000000189. The molecule has 2 heterocycles. The first-order valence-corrected chi connectivity index (χ1v) is 23.1. The number of Topliss-reactive ketones (excluding diaryl/α,β-unsaturated/α-hetero) is 2. The third-order valence-electron chi connectivity index (χ3n) is 18.4. The maximum atomic E-state index is 13.7. The standard InChI is InChI=1S/C26H34O7.C24H32O6.Na.H2O/c1-14(27)31-13-20(30)26-21(32-23(2,3)33-26)11-18-17-7-6-15-10-16(28)8-9-24(15,4)22(17)19(29)12-25(18,26)5;1-21(2)29-19-10-16-15-6-5-13-9-14(26)7-8-22(13,3)20(15)17(27)11-23(16,4)24(19,30-21)18(28)12-25;;/h8-10,17-19,21-22,29H,6-7,11-13H2,1-5H3;7-9,15-17,19-20,25,27H,5-6,10-12H2,1-4H3;;1H2/q;;+1;/p-1/t17-,18-,19-,21+,22+,24-,25-,26+;15-,16-,17-,19+,20+,22-,23-,24+;;/m00../s1. The summed E-state index contributed by atoms with van der Waals surface area (Å²) >= 11 is 0. The van der Waals surface area contributed by atoms with Crippen LogP contribution in [0, 0.1) is 57.2 Å². The number of rotatable bonds is 5. The zero-order valence-corrected chi connectivity index (χ0v) is 41.7. The smallest absolute Gasteiger partial charge is 0.870 e. The largest absolute Gasteiger partial charge is 1.00 e. The Morgan fingerprint density at radius 1 is 0.692 bits per heavy atom. The Morgan fingerprint density at radius 3 is 1.48 bits per heavy atom. The van der Waals surface area contributed by atoms with Crippen LogP contribution in [0.5, 0.6) is 0 Å². The summed E-state index contributed by atoms with van der Waals surface area (Å²) in [6.45, 7) is 15.9. The van der Waals surface area contributed by atoms with Crippen molar-refractivity contribution in [2.75, 3.05) is 13.2 Å². The molecule has 8 fully saturated rings. The summed E-state index contributed by atoms with van der Waals surface area (Å²) < 4.78 is 30.4. The van der Waals surface area contributed by atoms with Crippen molar-refractivity contribution in [2.45, 2.75) is 161 Å². The number of carbonyl (C=O) groups is 5. The molecule has 0 aromatic rings. The molecule has 0 radical (unpaired) electrons. The first kappa shape index (κ1) is 50.7. The van der Waals surface area contributed by atoms with Crippen molar-refractivity contribution in [1.29, 1.82) is 0 Å². The first-order chi connectivity index (χ1) is 29.3. The molecule has 0 aromatic carbocycles. The van der Waals surface area contributed by atoms with E-state index in [1.54, 1.807) is 52.0 Å². The van der Waals surface area contributed by atoms with Gasteiger partial charge in [0.15, 0.2) is 46.7 Å². The summed E-state index contributed by atoms with van der Waals surface area (Å²) in [5.41, 5.74) is -2.37. The predicted molar refractivity (Wildman–Crippen MR) is 228 cm³/mol. The number of ketones is 4. The Kier molecular flexibility index (Phi) is 12.8. The Hall–Kier alpha value is -2.21. The normalized spacial score (nSPS) is 47.4. The number of ether oxygens (including phenoxy) is 5. The average molecular weight is 915 g/mol. The number of allylic oxidation sites excluding steroid dienone is 8. The molecule has 10 aliphatic rings. The van der Waals surface area contributed by atoms with E-state index in [0.717, 1.165) is 36.8 Å². The SMILES string of the molecule is CC(=O)OCC(=O)[C@@]12OC(C)(C)O[C@@H]1C[C@H]1[C@@H]3CCC4=CC(=O)C=C[C@]4(C)[C@H]3[C@@H](O)C[C@@]12C.CC1(C)O[C@@H]2C[C@H]3[C@@H]4CCC5=CC(=O)C=C[C@]5(C)[C@H]4[C@@H](O)C[C@]3(C)[C@]2(C(=O)CO)O1.[Na+].[OH-]. The van der Waals surface area contributed by atoms with Crippen molar-refractivity contribution >= 4 is 29.1 Å². The molecule has 8 aliphatic carbocycles. The van der Waals surface area contributed by atoms with Crippen LogP contribution >= 0.6 is 0 Å². The van der Waals surface area contributed by atoms with Gasteiger partial charge in [0.05, 0.1) is 24.4 Å². The molecular weight excluding hydrogens is 848 g/mol. The number of esters is 1. The van der Waals surface area contributed by atoms with Crippen LogP contribution in [-0.4, -0.2) is 110 Å². The van der Waals surface area contributed by atoms with E-state index in [1.807, 2.05) is 26.0 Å². The molecule has 15 heteroatoms. The van der Waals surface area contributed by atoms with E-state index in [-0.39, 0.29) is 111 Å². The van der Waals surface area contributed by atoms with Crippen molar-refractivity contribution in [3.8, 4) is 0 Å². The summed E-state index contributed by atoms with van der Waals surface area (Å²) in [6.07, 6.45) is 13.9. The van der Waals surface area contributed by atoms with Gasteiger partial charge < -0.3 is 44.5 Å². The van der Waals surface area contributed by atoms with E-state index in [9.17, 15) is 39.3 Å². The molecule has 2 saturated heterocycles. The van der Waals surface area contributed by atoms with E-state index in [0.29, 0.717) is 25.7 Å². The third-order valence-corrected chi connectivity index (χ3v) is 18.4. The molecule has 4 N–H and O–H groups in total. The number of hydrogen-bond acceptors (Lipinski definition) is 14. The van der Waals surface area contributed by atoms with Crippen molar-refractivity contribution < 1.29 is 98.0 Å². The van der Waals surface area contributed by atoms with Crippen LogP contribution in [0.15, 0.2) is 47.6 Å². The molecule has 0 bridgehead atoms. The van der Waals surface area contributed by atoms with Gasteiger partial charge in [0.1, 0.15) is 6.61 Å². The summed E-state index contributed by atoms with van der Waals surface area (Å²) in [7, 11) is 0. The first-order valence-electron chi connectivity index (χ1n) is 23.1. The average Bonchev–Trinajstić information content (AvgIpc) is 3.81. The van der Waals surface area contributed by atoms with Crippen molar-refractivity contribution in [2.24, 2.45) is 57.2 Å². The van der Waals surface area contributed by atoms with Gasteiger partial charge in [-0.15, -0.1) is 0 Å². The molecule has 14 nitrogen and oxygen atoms in total. The van der Waals surface area contributed by atoms with Gasteiger partial charge >= 0.3 is 35.5 Å². The fraction of sp³-hybridized carbons (Fsp3) is 0.740. The molecular formula is C50H67NaO14. The number of aliphatic hydroxyl groups is 3. The fourth-order valence-corrected chi connectivity index (χ4v) is 16.2. The van der Waals surface area contributed by atoms with Crippen molar-refractivity contribution in [3.63, 3.8) is 0 Å². The van der Waals surface area contributed by atoms with Crippen molar-refractivity contribution in [3.05, 3.63) is 47.6 Å². The van der Waals surface area contributed by atoms with Crippen LogP contribution in [0.1, 0.15) is 114 Å². The minimum Gasteiger partial charge on any atom is -0.870 e. The van der Waals surface area contributed by atoms with Gasteiger partial charge in [0.2, 0.25) is 5.78 Å². The zero-order chi connectivity index (χ0) is 45.7. The van der Waals surface area contributed by atoms with Gasteiger partial charge in [-0.05, 0) is 127 Å². The molecule has 352 valence electrons. The van der Waals surface area contributed by atoms with Gasteiger partial charge in [-0.1, -0.05) is 51.0 Å². The quantitative estimate of drug-likeness (QED) is 0.266. The van der Waals surface area contributed by atoms with E-state index in [4.69, 9.17) is 23.7 Å². The van der Waals surface area contributed by atoms with Crippen molar-refractivity contribution in [1.82, 2.24) is 0 Å². The number of carbonyl (C=O) groups excluding carboxylic acids is 5. The van der Waals surface area contributed by atoms with Crippen LogP contribution in [0.25, 0.3) is 0 Å². The maximum absolute atomic E-state index is 13.7. The van der Waals surface area contributed by atoms with Crippen LogP contribution in [-0.2, 0) is 47.7 Å². The number of hydrogen-bond donors (Lipinski definition) is 3. The Morgan fingerprint density at radius 2 is 1.09 bits per heavy atom. The maximum Gasteiger partial charge on any atom is 1.00 e. The van der Waals surface area contributed by atoms with Crippen LogP contribution in [0.2, 0.25) is 0 Å². The van der Waals surface area contributed by atoms with Gasteiger partial charge in [0, 0.05) is 40.4 Å². The van der Waals surface area contributed by atoms with Crippen LogP contribution in [0.3, 0.4) is 0 Å². The molecule has 0 unspecified atom stereocenters. The minimum absolute atomic E-state index is 0. The molecule has 65 heavy (non-hydrogen) atoms. The molecule has 0 amide bonds. The molecule has 16 atom stereocenters. The Labute approximate surface area is 403 Å². The predicted octanol–water partition coefficient (Wildman–Crippen LogP) is 2.05. The second-order valence-corrected chi connectivity index (χ2v) is 22.4. The van der Waals surface area contributed by atoms with E-state index in [2.05, 4.69) is 13.8 Å². The summed E-state index contributed by atoms with van der Waals surface area (Å²) in [5.74, 6) is -2.51. The molecule has 6 saturated carbocycles. The van der Waals surface area contributed by atoms with Gasteiger partial charge in [0.25, 0.3) is 0 Å². The van der Waals surface area contributed by atoms with Crippen LogP contribution in [0.4, 0.5) is 0 Å². The van der Waals surface area contributed by atoms with Gasteiger partial charge in [-0.25, -0.2) is 0 Å². The zero-order valence-electron chi connectivity index (χ0n) is 39.7. The second kappa shape index (κ2) is 16.5. The van der Waals surface area contributed by atoms with Gasteiger partial charge in [-0.2, -0.15) is 0 Å². The van der Waals surface area contributed by atoms with E-state index >= 15 is 0 Å². The second-order valence-electron chi connectivity index (χ2n) is 22.4. The summed E-state index contributed by atoms with van der Waals surface area (Å²) in [6, 6.07) is 0. The third kappa shape index (κ3) is 7.07. The topological polar surface area (TPSA) is 222 Å². The van der Waals surface area contributed by atoms with Crippen LogP contribution < -0.4 is 29.6 Å². The summed E-state index contributed by atoms with van der Waals surface area (Å²) in [5, 5.41) is 32.9.